The Kier molecular flexibility index (Phi) is 7.59. The summed E-state index contributed by atoms with van der Waals surface area (Å²) < 4.78 is 0. The van der Waals surface area contributed by atoms with E-state index < -0.39 is 5.91 Å². The van der Waals surface area contributed by atoms with Crippen molar-refractivity contribution in [2.24, 2.45) is 0 Å². The first-order valence-electron chi connectivity index (χ1n) is 8.12. The number of carbonyl (C=O) groups is 2. The van der Waals surface area contributed by atoms with Gasteiger partial charge in [0.2, 0.25) is 5.91 Å². The van der Waals surface area contributed by atoms with Crippen molar-refractivity contribution in [3.63, 3.8) is 0 Å². The maximum atomic E-state index is 12.3. The molecule has 0 spiro atoms. The number of thiocarbonyl (C=S) groups is 1. The molecule has 2 aromatic rings. The first-order valence-corrected chi connectivity index (χ1v) is 9.29. The molecule has 0 saturated carbocycles. The van der Waals surface area contributed by atoms with Crippen molar-refractivity contribution in [3.05, 3.63) is 63.6 Å². The zero-order valence-corrected chi connectivity index (χ0v) is 17.2. The Hall–Kier alpha value is -2.15. The predicted molar refractivity (Wildman–Crippen MR) is 114 cm³/mol. The van der Waals surface area contributed by atoms with Gasteiger partial charge in [0.05, 0.1) is 10.6 Å². The first-order chi connectivity index (χ1) is 12.8. The van der Waals surface area contributed by atoms with E-state index in [9.17, 15) is 9.59 Å². The largest absolute Gasteiger partial charge is 0.349 e. The number of benzene rings is 2. The minimum Gasteiger partial charge on any atom is -0.349 e. The minimum atomic E-state index is -0.429. The van der Waals surface area contributed by atoms with Crippen molar-refractivity contribution in [2.75, 3.05) is 19.4 Å². The molecule has 27 heavy (non-hydrogen) atoms. The third kappa shape index (κ3) is 6.50. The van der Waals surface area contributed by atoms with Crippen LogP contribution < -0.4 is 10.6 Å². The van der Waals surface area contributed by atoms with Gasteiger partial charge in [-0.2, -0.15) is 0 Å². The van der Waals surface area contributed by atoms with E-state index in [0.29, 0.717) is 17.9 Å². The van der Waals surface area contributed by atoms with Gasteiger partial charge >= 0.3 is 0 Å². The molecule has 0 aliphatic heterocycles. The quantitative estimate of drug-likeness (QED) is 0.709. The summed E-state index contributed by atoms with van der Waals surface area (Å²) in [7, 11) is 3.46. The number of hydrogen-bond acceptors (Lipinski definition) is 3. The van der Waals surface area contributed by atoms with Crippen molar-refractivity contribution in [1.29, 1.82) is 0 Å². The van der Waals surface area contributed by atoms with Crippen LogP contribution in [0, 0.1) is 0 Å². The highest BCUT2D eigenvalue weighted by Crippen LogP contribution is 2.21. The second kappa shape index (κ2) is 9.69. The highest BCUT2D eigenvalue weighted by molar-refractivity contribution is 7.80. The summed E-state index contributed by atoms with van der Waals surface area (Å²) in [6.07, 6.45) is 1.04. The lowest BCUT2D eigenvalue weighted by atomic mass is 10.1. The van der Waals surface area contributed by atoms with Crippen LogP contribution in [0.15, 0.2) is 42.5 Å². The van der Waals surface area contributed by atoms with Crippen LogP contribution in [-0.4, -0.2) is 35.9 Å². The molecule has 0 unspecified atom stereocenters. The van der Waals surface area contributed by atoms with Crippen LogP contribution in [0.4, 0.5) is 5.69 Å². The van der Waals surface area contributed by atoms with E-state index >= 15 is 0 Å². The molecule has 0 atom stereocenters. The molecule has 0 aliphatic carbocycles. The average Bonchev–Trinajstić information content (AvgIpc) is 2.59. The van der Waals surface area contributed by atoms with Crippen LogP contribution in [0.25, 0.3) is 0 Å². The average molecular weight is 424 g/mol. The standard InChI is InChI=1S/C19H19Cl2N3O2S/c1-24(2)17(25)9-6-12-4-3-5-14(10-12)22-19(27)23-18(26)15-8-7-13(20)11-16(15)21/h3-5,7-8,10-11H,6,9H2,1-2H3,(H2,22,23,26,27). The molecule has 0 bridgehead atoms. The fraction of sp³-hybridized carbons (Fsp3) is 0.211. The number of nitrogens with zero attached hydrogens (tertiary/aromatic N) is 1. The molecular formula is C19H19Cl2N3O2S. The molecule has 8 heteroatoms. The molecule has 5 nitrogen and oxygen atoms in total. The number of rotatable bonds is 5. The molecular weight excluding hydrogens is 405 g/mol. The summed E-state index contributed by atoms with van der Waals surface area (Å²) in [4.78, 5) is 25.5. The van der Waals surface area contributed by atoms with Gasteiger partial charge in [0.1, 0.15) is 0 Å². The Bertz CT molecular complexity index is 872. The first kappa shape index (κ1) is 21.2. The predicted octanol–water partition coefficient (Wildman–Crippen LogP) is 4.14. The van der Waals surface area contributed by atoms with Gasteiger partial charge in [-0.3, -0.25) is 14.9 Å². The molecule has 0 saturated heterocycles. The summed E-state index contributed by atoms with van der Waals surface area (Å²) in [5, 5.41) is 6.38. The Balaban J connectivity index is 1.96. The molecule has 0 radical (unpaired) electrons. The lowest BCUT2D eigenvalue weighted by molar-refractivity contribution is -0.128. The van der Waals surface area contributed by atoms with Crippen molar-refractivity contribution in [2.45, 2.75) is 12.8 Å². The minimum absolute atomic E-state index is 0.0657. The van der Waals surface area contributed by atoms with Crippen molar-refractivity contribution >= 4 is 58.0 Å². The smallest absolute Gasteiger partial charge is 0.258 e. The topological polar surface area (TPSA) is 61.4 Å². The van der Waals surface area contributed by atoms with Crippen molar-refractivity contribution in [3.8, 4) is 0 Å². The van der Waals surface area contributed by atoms with Crippen molar-refractivity contribution < 1.29 is 9.59 Å². The zero-order valence-electron chi connectivity index (χ0n) is 14.9. The molecule has 0 fully saturated rings. The summed E-state index contributed by atoms with van der Waals surface area (Å²) in [6, 6.07) is 12.1. The van der Waals surface area contributed by atoms with Crippen LogP contribution in [0.3, 0.4) is 0 Å². The Morgan fingerprint density at radius 2 is 1.85 bits per heavy atom. The lowest BCUT2D eigenvalue weighted by Crippen LogP contribution is -2.34. The highest BCUT2D eigenvalue weighted by Gasteiger charge is 2.12. The van der Waals surface area contributed by atoms with E-state index in [4.69, 9.17) is 35.4 Å². The molecule has 0 aromatic heterocycles. The summed E-state index contributed by atoms with van der Waals surface area (Å²) in [6.45, 7) is 0. The fourth-order valence-electron chi connectivity index (χ4n) is 2.29. The van der Waals surface area contributed by atoms with Gasteiger partial charge in [-0.1, -0.05) is 35.3 Å². The van der Waals surface area contributed by atoms with Crippen LogP contribution in [0.1, 0.15) is 22.3 Å². The van der Waals surface area contributed by atoms with E-state index in [1.807, 2.05) is 24.3 Å². The second-order valence-corrected chi connectivity index (χ2v) is 7.27. The van der Waals surface area contributed by atoms with E-state index in [1.165, 1.54) is 12.1 Å². The van der Waals surface area contributed by atoms with Crippen LogP contribution in [-0.2, 0) is 11.2 Å². The lowest BCUT2D eigenvalue weighted by Gasteiger charge is -2.12. The summed E-state index contributed by atoms with van der Waals surface area (Å²) in [5.74, 6) is -0.363. The normalized spacial score (nSPS) is 10.2. The van der Waals surface area contributed by atoms with E-state index in [-0.39, 0.29) is 21.6 Å². The maximum Gasteiger partial charge on any atom is 0.258 e. The van der Waals surface area contributed by atoms with E-state index in [2.05, 4.69) is 10.6 Å². The molecule has 0 aliphatic rings. The van der Waals surface area contributed by atoms with Crippen LogP contribution in [0.5, 0.6) is 0 Å². The Labute approximate surface area is 173 Å². The van der Waals surface area contributed by atoms with Gasteiger partial charge in [-0.15, -0.1) is 0 Å². The van der Waals surface area contributed by atoms with Crippen molar-refractivity contribution in [1.82, 2.24) is 10.2 Å². The number of nitrogens with one attached hydrogen (secondary N) is 2. The van der Waals surface area contributed by atoms with E-state index in [1.54, 1.807) is 25.1 Å². The maximum absolute atomic E-state index is 12.3. The van der Waals surface area contributed by atoms with E-state index in [0.717, 1.165) is 11.3 Å². The number of halogens is 2. The van der Waals surface area contributed by atoms with Crippen LogP contribution >= 0.6 is 35.4 Å². The highest BCUT2D eigenvalue weighted by atomic mass is 35.5. The number of hydrogen-bond donors (Lipinski definition) is 2. The zero-order chi connectivity index (χ0) is 20.0. The molecule has 2 N–H and O–H groups in total. The monoisotopic (exact) mass is 423 g/mol. The van der Waals surface area contributed by atoms with Gasteiger partial charge in [0.25, 0.3) is 5.91 Å². The number of carbonyl (C=O) groups excluding carboxylic acids is 2. The Morgan fingerprint density at radius 3 is 2.52 bits per heavy atom. The Morgan fingerprint density at radius 1 is 1.11 bits per heavy atom. The van der Waals surface area contributed by atoms with Gasteiger partial charge in [-0.05, 0) is 54.5 Å². The number of anilines is 1. The third-order valence-corrected chi connectivity index (χ3v) is 4.47. The van der Waals surface area contributed by atoms with Gasteiger partial charge in [0.15, 0.2) is 5.11 Å². The molecule has 0 heterocycles. The number of amides is 2. The second-order valence-electron chi connectivity index (χ2n) is 6.02. The fourth-order valence-corrected chi connectivity index (χ4v) is 2.99. The number of aryl methyl sites for hydroxylation is 1. The molecule has 2 rings (SSSR count). The summed E-state index contributed by atoms with van der Waals surface area (Å²) >= 11 is 17.1. The van der Waals surface area contributed by atoms with Gasteiger partial charge < -0.3 is 10.2 Å². The molecule has 2 aromatic carbocycles. The van der Waals surface area contributed by atoms with Gasteiger partial charge in [-0.25, -0.2) is 0 Å². The van der Waals surface area contributed by atoms with Gasteiger partial charge in [0, 0.05) is 31.2 Å². The molecule has 142 valence electrons. The van der Waals surface area contributed by atoms with Crippen LogP contribution in [0.2, 0.25) is 10.0 Å². The molecule has 2 amide bonds. The summed E-state index contributed by atoms with van der Waals surface area (Å²) in [5.41, 5.74) is 1.99. The third-order valence-electron chi connectivity index (χ3n) is 3.71. The SMILES string of the molecule is CN(C)C(=O)CCc1cccc(NC(=S)NC(=O)c2ccc(Cl)cc2Cl)c1.